The van der Waals surface area contributed by atoms with Gasteiger partial charge in [0.05, 0.1) is 18.3 Å². The first-order chi connectivity index (χ1) is 10.6. The number of ether oxygens (including phenoxy) is 1. The van der Waals surface area contributed by atoms with Gasteiger partial charge in [0.2, 0.25) is 0 Å². The number of piperidine rings is 1. The highest BCUT2D eigenvalue weighted by Gasteiger charge is 2.20. The van der Waals surface area contributed by atoms with Crippen LogP contribution in [0.2, 0.25) is 0 Å². The van der Waals surface area contributed by atoms with Crippen LogP contribution >= 0.6 is 0 Å². The van der Waals surface area contributed by atoms with E-state index in [-0.39, 0.29) is 0 Å². The number of hydrogen-bond acceptors (Lipinski definition) is 5. The summed E-state index contributed by atoms with van der Waals surface area (Å²) in [4.78, 5) is 15.7. The Morgan fingerprint density at radius 1 is 1.27 bits per heavy atom. The number of carbonyl (C=O) groups excluding carboxylic acids is 1. The zero-order valence-electron chi connectivity index (χ0n) is 13.1. The molecule has 0 amide bonds. The van der Waals surface area contributed by atoms with Gasteiger partial charge < -0.3 is 19.6 Å². The van der Waals surface area contributed by atoms with Crippen LogP contribution in [0, 0.1) is 0 Å². The highest BCUT2D eigenvalue weighted by atomic mass is 16.5. The molecule has 0 bridgehead atoms. The molecule has 1 fully saturated rings. The van der Waals surface area contributed by atoms with Crippen molar-refractivity contribution in [3.8, 4) is 5.75 Å². The lowest BCUT2D eigenvalue weighted by molar-refractivity contribution is -0.121. The first-order valence-electron chi connectivity index (χ1n) is 8.03. The maximum Gasteiger partial charge on any atom is 0.143 e. The van der Waals surface area contributed by atoms with E-state index in [0.29, 0.717) is 31.7 Å². The normalized spacial score (nSPS) is 20.5. The van der Waals surface area contributed by atoms with Crippen molar-refractivity contribution in [1.82, 2.24) is 4.90 Å². The van der Waals surface area contributed by atoms with Gasteiger partial charge >= 0.3 is 0 Å². The molecule has 0 aliphatic carbocycles. The summed E-state index contributed by atoms with van der Waals surface area (Å²) in [5.41, 5.74) is 1.99. The molecule has 1 aromatic carbocycles. The largest absolute Gasteiger partial charge is 0.490 e. The van der Waals surface area contributed by atoms with Crippen molar-refractivity contribution in [3.63, 3.8) is 0 Å². The molecule has 1 saturated heterocycles. The van der Waals surface area contributed by atoms with E-state index in [2.05, 4.69) is 16.8 Å². The molecule has 0 saturated carbocycles. The predicted octanol–water partition coefficient (Wildman–Crippen LogP) is 1.60. The molecule has 120 valence electrons. The predicted molar refractivity (Wildman–Crippen MR) is 85.5 cm³/mol. The van der Waals surface area contributed by atoms with Crippen LogP contribution in [0.15, 0.2) is 18.2 Å². The second kappa shape index (κ2) is 6.67. The third-order valence-electron chi connectivity index (χ3n) is 4.60. The number of hydrogen-bond donors (Lipinski definition) is 1. The summed E-state index contributed by atoms with van der Waals surface area (Å²) in [6.07, 6.45) is 1.49. The lowest BCUT2D eigenvalue weighted by atomic mass is 10.0. The molecule has 0 spiro atoms. The number of carbonyl (C=O) groups is 1. The minimum atomic E-state index is -0.487. The van der Waals surface area contributed by atoms with Gasteiger partial charge in [0.25, 0.3) is 0 Å². The molecule has 2 aliphatic heterocycles. The van der Waals surface area contributed by atoms with Crippen molar-refractivity contribution >= 4 is 11.5 Å². The summed E-state index contributed by atoms with van der Waals surface area (Å²) in [5.74, 6) is 1.21. The molecule has 0 radical (unpaired) electrons. The molecule has 1 N–H and O–H groups in total. The molecule has 0 aromatic heterocycles. The van der Waals surface area contributed by atoms with Crippen LogP contribution in [0.1, 0.15) is 30.9 Å². The Labute approximate surface area is 131 Å². The third-order valence-corrected chi connectivity index (χ3v) is 4.60. The number of aliphatic hydroxyl groups excluding tert-OH is 1. The zero-order chi connectivity index (χ0) is 15.5. The molecule has 1 atom stereocenters. The Morgan fingerprint density at radius 3 is 2.82 bits per heavy atom. The van der Waals surface area contributed by atoms with E-state index in [1.54, 1.807) is 0 Å². The Kier molecular flexibility index (Phi) is 4.64. The summed E-state index contributed by atoms with van der Waals surface area (Å²) >= 11 is 0. The smallest absolute Gasteiger partial charge is 0.143 e. The van der Waals surface area contributed by atoms with E-state index >= 15 is 0 Å². The van der Waals surface area contributed by atoms with Crippen molar-refractivity contribution in [3.05, 3.63) is 23.8 Å². The minimum absolute atomic E-state index is 0.354. The van der Waals surface area contributed by atoms with E-state index in [0.717, 1.165) is 43.2 Å². The van der Waals surface area contributed by atoms with Crippen molar-refractivity contribution in [2.45, 2.75) is 25.4 Å². The number of benzene rings is 1. The fourth-order valence-electron chi connectivity index (χ4n) is 3.08. The van der Waals surface area contributed by atoms with Crippen molar-refractivity contribution in [1.29, 1.82) is 0 Å². The molecular formula is C17H24N2O3. The van der Waals surface area contributed by atoms with E-state index in [1.807, 2.05) is 18.2 Å². The number of anilines is 1. The zero-order valence-corrected chi connectivity index (χ0v) is 13.1. The lowest BCUT2D eigenvalue weighted by Crippen LogP contribution is -2.35. The van der Waals surface area contributed by atoms with Crippen molar-refractivity contribution in [2.24, 2.45) is 0 Å². The molecule has 1 unspecified atom stereocenters. The van der Waals surface area contributed by atoms with Crippen LogP contribution in [0.4, 0.5) is 5.69 Å². The molecular weight excluding hydrogens is 280 g/mol. The number of aliphatic hydroxyl groups is 1. The van der Waals surface area contributed by atoms with Crippen LogP contribution < -0.4 is 9.64 Å². The first kappa shape index (κ1) is 15.3. The van der Waals surface area contributed by atoms with E-state index in [9.17, 15) is 9.90 Å². The average molecular weight is 304 g/mol. The minimum Gasteiger partial charge on any atom is -0.490 e. The average Bonchev–Trinajstić information content (AvgIpc) is 2.54. The quantitative estimate of drug-likeness (QED) is 0.916. The van der Waals surface area contributed by atoms with Crippen LogP contribution in [-0.4, -0.2) is 55.6 Å². The van der Waals surface area contributed by atoms with Crippen molar-refractivity contribution < 1.29 is 14.6 Å². The fraction of sp³-hybridized carbons (Fsp3) is 0.588. The molecule has 2 aliphatic rings. The molecule has 5 nitrogen and oxygen atoms in total. The topological polar surface area (TPSA) is 53.0 Å². The number of likely N-dealkylation sites (N-methyl/N-ethyl adjacent to an activating group) is 1. The number of likely N-dealkylation sites (tertiary alicyclic amines) is 1. The van der Waals surface area contributed by atoms with Gasteiger partial charge in [-0.1, -0.05) is 6.07 Å². The molecule has 2 heterocycles. The third kappa shape index (κ3) is 3.42. The van der Waals surface area contributed by atoms with Gasteiger partial charge in [-0.25, -0.2) is 0 Å². The molecule has 5 heteroatoms. The van der Waals surface area contributed by atoms with E-state index in [1.165, 1.54) is 0 Å². The lowest BCUT2D eigenvalue weighted by Gasteiger charge is -2.29. The number of fused-ring (bicyclic) bond motifs is 1. The van der Waals surface area contributed by atoms with Crippen LogP contribution in [0.25, 0.3) is 0 Å². The summed E-state index contributed by atoms with van der Waals surface area (Å²) in [6.45, 7) is 4.05. The maximum absolute atomic E-state index is 11.2. The maximum atomic E-state index is 11.2. The second-order valence-corrected chi connectivity index (χ2v) is 6.18. The molecule has 1 aromatic rings. The SMILES string of the molecule is CN1CCOc2cc(C(O)CCN3CCC(=O)CC3)ccc21. The first-order valence-corrected chi connectivity index (χ1v) is 8.03. The van der Waals surface area contributed by atoms with Gasteiger partial charge in [-0.3, -0.25) is 4.79 Å². The van der Waals surface area contributed by atoms with Gasteiger partial charge in [-0.15, -0.1) is 0 Å². The summed E-state index contributed by atoms with van der Waals surface area (Å²) in [5, 5.41) is 10.4. The highest BCUT2D eigenvalue weighted by Crippen LogP contribution is 2.33. The van der Waals surface area contributed by atoms with Gasteiger partial charge in [0, 0.05) is 39.5 Å². The Morgan fingerprint density at radius 2 is 2.05 bits per heavy atom. The number of rotatable bonds is 4. The van der Waals surface area contributed by atoms with Gasteiger partial charge in [-0.05, 0) is 24.1 Å². The van der Waals surface area contributed by atoms with Crippen LogP contribution in [0.3, 0.4) is 0 Å². The second-order valence-electron chi connectivity index (χ2n) is 6.18. The van der Waals surface area contributed by atoms with Gasteiger partial charge in [0.15, 0.2) is 0 Å². The van der Waals surface area contributed by atoms with Crippen LogP contribution in [0.5, 0.6) is 5.75 Å². The molecule has 22 heavy (non-hydrogen) atoms. The number of nitrogens with zero attached hydrogens (tertiary/aromatic N) is 2. The Hall–Kier alpha value is -1.59. The number of Topliss-reactive ketones (excluding diaryl/α,β-unsaturated/α-hetero) is 1. The Bertz CT molecular complexity index is 537. The number of ketones is 1. The summed E-state index contributed by atoms with van der Waals surface area (Å²) in [7, 11) is 2.05. The Balaban J connectivity index is 1.58. The summed E-state index contributed by atoms with van der Waals surface area (Å²) < 4.78 is 5.69. The fourth-order valence-corrected chi connectivity index (χ4v) is 3.08. The molecule has 3 rings (SSSR count). The summed E-state index contributed by atoms with van der Waals surface area (Å²) in [6, 6.07) is 5.95. The van der Waals surface area contributed by atoms with Gasteiger partial charge in [-0.2, -0.15) is 0 Å². The monoisotopic (exact) mass is 304 g/mol. The van der Waals surface area contributed by atoms with Gasteiger partial charge in [0.1, 0.15) is 18.1 Å². The van der Waals surface area contributed by atoms with E-state index in [4.69, 9.17) is 4.74 Å². The van der Waals surface area contributed by atoms with Crippen molar-refractivity contribution in [2.75, 3.05) is 44.7 Å². The highest BCUT2D eigenvalue weighted by molar-refractivity contribution is 5.79. The van der Waals surface area contributed by atoms with E-state index < -0.39 is 6.10 Å². The standard InChI is InChI=1S/C17H24N2O3/c1-18-10-11-22-17-12-13(2-3-15(17)18)16(21)6-9-19-7-4-14(20)5-8-19/h2-3,12,16,21H,4-11H2,1H3. The van der Waals surface area contributed by atoms with Crippen LogP contribution in [-0.2, 0) is 4.79 Å².